The molecule has 0 N–H and O–H groups in total. The predicted octanol–water partition coefficient (Wildman–Crippen LogP) is 6.05. The van der Waals surface area contributed by atoms with Gasteiger partial charge in [-0.2, -0.15) is 8.78 Å². The number of hydrogen-bond donors (Lipinski definition) is 0. The normalized spacial score (nSPS) is 19.5. The molecule has 1 unspecified atom stereocenters. The number of hydrogen-bond acceptors (Lipinski definition) is 3. The predicted molar refractivity (Wildman–Crippen MR) is 107 cm³/mol. The van der Waals surface area contributed by atoms with Crippen LogP contribution in [-0.2, 0) is 10.2 Å². The number of esters is 1. The minimum absolute atomic E-state index is 0.100. The molecule has 3 nitrogen and oxygen atoms in total. The quantitative estimate of drug-likeness (QED) is 0.423. The van der Waals surface area contributed by atoms with Gasteiger partial charge in [0.25, 0.3) is 0 Å². The highest BCUT2D eigenvalue weighted by Crippen LogP contribution is 2.50. The lowest BCUT2D eigenvalue weighted by molar-refractivity contribution is 0.0140. The molecule has 3 rings (SSSR count). The van der Waals surface area contributed by atoms with Crippen LogP contribution in [0.3, 0.4) is 0 Å². The molecule has 0 saturated heterocycles. The van der Waals surface area contributed by atoms with Crippen molar-refractivity contribution in [3.63, 3.8) is 0 Å². The summed E-state index contributed by atoms with van der Waals surface area (Å²) in [5.74, 6) is -0.465. The second kappa shape index (κ2) is 7.62. The molecule has 0 saturated carbocycles. The van der Waals surface area contributed by atoms with Crippen LogP contribution in [0.25, 0.3) is 0 Å². The maximum atomic E-state index is 14.6. The highest BCUT2D eigenvalue weighted by molar-refractivity contribution is 6.34. The van der Waals surface area contributed by atoms with Gasteiger partial charge >= 0.3 is 11.4 Å². The van der Waals surface area contributed by atoms with Gasteiger partial charge in [0.15, 0.2) is 0 Å². The molecule has 0 amide bonds. The third-order valence-corrected chi connectivity index (χ3v) is 5.73. The number of ether oxygens (including phenoxy) is 1. The molecule has 1 heterocycles. The lowest BCUT2D eigenvalue weighted by Crippen LogP contribution is -2.43. The largest absolute Gasteiger partial charge is 0.465 e. The summed E-state index contributed by atoms with van der Waals surface area (Å²) < 4.78 is 33.9. The van der Waals surface area contributed by atoms with Crippen molar-refractivity contribution in [2.75, 3.05) is 13.7 Å². The molecular formula is C20H16Cl3F2NO2. The van der Waals surface area contributed by atoms with Gasteiger partial charge in [0.1, 0.15) is 0 Å². The minimum atomic E-state index is -3.58. The molecule has 0 aliphatic carbocycles. The maximum absolute atomic E-state index is 14.6. The van der Waals surface area contributed by atoms with Gasteiger partial charge in [0.2, 0.25) is 0 Å². The summed E-state index contributed by atoms with van der Waals surface area (Å²) in [5.41, 5.74) is 0.630. The van der Waals surface area contributed by atoms with Crippen LogP contribution >= 0.6 is 34.8 Å². The molecule has 0 spiro atoms. The van der Waals surface area contributed by atoms with Crippen LogP contribution < -0.4 is 0 Å². The van der Waals surface area contributed by atoms with Gasteiger partial charge in [-0.15, -0.1) is 0 Å². The molecule has 1 aliphatic heterocycles. The zero-order valence-corrected chi connectivity index (χ0v) is 17.3. The minimum Gasteiger partial charge on any atom is -0.465 e. The van der Waals surface area contributed by atoms with Gasteiger partial charge in [-0.05, 0) is 65.5 Å². The highest BCUT2D eigenvalue weighted by Gasteiger charge is 2.56. The Labute approximate surface area is 176 Å². The van der Waals surface area contributed by atoms with Crippen LogP contribution in [0.1, 0.15) is 33.5 Å². The van der Waals surface area contributed by atoms with Gasteiger partial charge in [0, 0.05) is 22.2 Å². The Bertz CT molecular complexity index is 952. The smallest absolute Gasteiger partial charge is 0.338 e. The highest BCUT2D eigenvalue weighted by atomic mass is 35.5. The van der Waals surface area contributed by atoms with Crippen molar-refractivity contribution >= 4 is 46.5 Å². The molecule has 148 valence electrons. The number of aliphatic imine (C=N–C) groups is 1. The number of benzene rings is 2. The number of aryl methyl sites for hydroxylation is 1. The van der Waals surface area contributed by atoms with Gasteiger partial charge in [0.05, 0.1) is 24.6 Å². The fourth-order valence-electron chi connectivity index (χ4n) is 3.38. The topological polar surface area (TPSA) is 38.7 Å². The van der Waals surface area contributed by atoms with E-state index in [1.165, 1.54) is 25.3 Å². The van der Waals surface area contributed by atoms with Crippen molar-refractivity contribution in [1.82, 2.24) is 0 Å². The van der Waals surface area contributed by atoms with Gasteiger partial charge in [-0.25, -0.2) is 4.79 Å². The molecule has 1 atom stereocenters. The zero-order chi connectivity index (χ0) is 20.7. The molecule has 8 heteroatoms. The van der Waals surface area contributed by atoms with E-state index in [0.717, 1.165) is 0 Å². The third-order valence-electron chi connectivity index (χ3n) is 4.93. The van der Waals surface area contributed by atoms with Crippen molar-refractivity contribution in [3.05, 3.63) is 68.7 Å². The van der Waals surface area contributed by atoms with Crippen LogP contribution in [-0.4, -0.2) is 30.7 Å². The van der Waals surface area contributed by atoms with Crippen LogP contribution in [0.2, 0.25) is 10.0 Å². The Morgan fingerprint density at radius 3 is 2.36 bits per heavy atom. The Balaban J connectivity index is 2.00. The van der Waals surface area contributed by atoms with E-state index in [9.17, 15) is 13.6 Å². The van der Waals surface area contributed by atoms with Gasteiger partial charge < -0.3 is 4.74 Å². The number of halogens is 5. The first-order valence-electron chi connectivity index (χ1n) is 8.33. The molecule has 0 radical (unpaired) electrons. The second-order valence-electron chi connectivity index (χ2n) is 6.70. The molecular weight excluding hydrogens is 431 g/mol. The Morgan fingerprint density at radius 1 is 1.18 bits per heavy atom. The fourth-order valence-corrected chi connectivity index (χ4v) is 4.14. The van der Waals surface area contributed by atoms with Crippen LogP contribution in [0.4, 0.5) is 8.78 Å². The van der Waals surface area contributed by atoms with E-state index >= 15 is 0 Å². The van der Waals surface area contributed by atoms with Gasteiger partial charge in [-0.1, -0.05) is 29.3 Å². The Hall–Kier alpha value is -1.69. The van der Waals surface area contributed by atoms with Crippen molar-refractivity contribution < 1.29 is 18.3 Å². The number of carbonyl (C=O) groups is 1. The summed E-state index contributed by atoms with van der Waals surface area (Å²) in [6.45, 7) is 1.53. The average Bonchev–Trinajstić information content (AvgIpc) is 3.07. The summed E-state index contributed by atoms with van der Waals surface area (Å²) in [6, 6.07) is 9.32. The summed E-state index contributed by atoms with van der Waals surface area (Å²) in [5, 5.41) is -3.09. The zero-order valence-electron chi connectivity index (χ0n) is 15.0. The molecule has 28 heavy (non-hydrogen) atoms. The summed E-state index contributed by atoms with van der Waals surface area (Å²) >= 11 is 17.6. The molecule has 2 aromatic carbocycles. The maximum Gasteiger partial charge on any atom is 0.338 e. The van der Waals surface area contributed by atoms with E-state index in [1.54, 1.807) is 25.1 Å². The number of nitrogens with zero attached hydrogens (tertiary/aromatic N) is 1. The standard InChI is InChI=1S/C20H16Cl3F2NO2/c1-11-5-12(3-4-16(11)18(27)28-2)17-9-19(10-26-17,20(23,24)25)13-6-14(21)8-15(22)7-13/h3-8H,9-10H2,1-2H3. The van der Waals surface area contributed by atoms with Gasteiger partial charge in [-0.3, -0.25) is 4.99 Å². The summed E-state index contributed by atoms with van der Waals surface area (Å²) in [6.07, 6.45) is -0.100. The number of alkyl halides is 3. The first kappa shape index (κ1) is 21.0. The van der Waals surface area contributed by atoms with Crippen molar-refractivity contribution in [2.45, 2.75) is 24.1 Å². The van der Waals surface area contributed by atoms with E-state index in [4.69, 9.17) is 39.5 Å². The number of carbonyl (C=O) groups excluding carboxylic acids is 1. The lowest BCUT2D eigenvalue weighted by atomic mass is 9.77. The van der Waals surface area contributed by atoms with E-state index in [0.29, 0.717) is 22.4 Å². The monoisotopic (exact) mass is 445 g/mol. The Kier molecular flexibility index (Phi) is 5.72. The fraction of sp³-hybridized carbons (Fsp3) is 0.300. The van der Waals surface area contributed by atoms with Crippen LogP contribution in [0.15, 0.2) is 41.4 Å². The summed E-state index contributed by atoms with van der Waals surface area (Å²) in [4.78, 5) is 16.1. The molecule has 0 bridgehead atoms. The van der Waals surface area contributed by atoms with Crippen molar-refractivity contribution in [1.29, 1.82) is 0 Å². The molecule has 0 aromatic heterocycles. The molecule has 0 fully saturated rings. The van der Waals surface area contributed by atoms with Crippen LogP contribution in [0.5, 0.6) is 0 Å². The van der Waals surface area contributed by atoms with E-state index < -0.39 is 16.8 Å². The molecule has 1 aliphatic rings. The second-order valence-corrected chi connectivity index (χ2v) is 8.05. The lowest BCUT2D eigenvalue weighted by Gasteiger charge is -2.33. The third kappa shape index (κ3) is 3.76. The van der Waals surface area contributed by atoms with E-state index in [2.05, 4.69) is 4.99 Å². The first-order chi connectivity index (χ1) is 13.1. The van der Waals surface area contributed by atoms with Crippen molar-refractivity contribution in [3.8, 4) is 0 Å². The average molecular weight is 447 g/mol. The SMILES string of the molecule is COC(=O)c1ccc(C2=NCC(c3cc(Cl)cc(Cl)c3)(C(F)(F)Cl)C2)cc1C. The number of rotatable bonds is 4. The first-order valence-corrected chi connectivity index (χ1v) is 9.47. The Morgan fingerprint density at radius 2 is 1.82 bits per heavy atom. The number of methoxy groups -OCH3 is 1. The summed E-state index contributed by atoms with van der Waals surface area (Å²) in [7, 11) is 1.30. The van der Waals surface area contributed by atoms with E-state index in [-0.39, 0.29) is 28.6 Å². The molecule has 2 aromatic rings. The van der Waals surface area contributed by atoms with E-state index in [1.807, 2.05) is 0 Å². The van der Waals surface area contributed by atoms with Crippen LogP contribution in [0, 0.1) is 6.92 Å². The van der Waals surface area contributed by atoms with Crippen molar-refractivity contribution in [2.24, 2.45) is 4.99 Å².